The number of aromatic nitrogens is 1. The van der Waals surface area contributed by atoms with Gasteiger partial charge in [-0.05, 0) is 30.7 Å². The number of carbonyl (C=O) groups is 2. The Morgan fingerprint density at radius 1 is 1.42 bits per heavy atom. The summed E-state index contributed by atoms with van der Waals surface area (Å²) in [6.07, 6.45) is 2.31. The molecule has 0 unspecified atom stereocenters. The molecule has 0 atom stereocenters. The number of rotatable bonds is 6. The number of aryl methyl sites for hydroxylation is 1. The van der Waals surface area contributed by atoms with E-state index in [1.165, 1.54) is 24.5 Å². The summed E-state index contributed by atoms with van der Waals surface area (Å²) in [5, 5.41) is 0.661. The third kappa shape index (κ3) is 3.11. The number of aldehydes is 1. The zero-order valence-electron chi connectivity index (χ0n) is 14.0. The van der Waals surface area contributed by atoms with Gasteiger partial charge in [-0.1, -0.05) is 0 Å². The Kier molecular flexibility index (Phi) is 4.85. The van der Waals surface area contributed by atoms with Crippen LogP contribution < -0.4 is 15.2 Å². The second-order valence-electron chi connectivity index (χ2n) is 5.51. The number of carbonyl (C=O) groups excluding carboxylic acids is 2. The summed E-state index contributed by atoms with van der Waals surface area (Å²) in [4.78, 5) is 27.2. The van der Waals surface area contributed by atoms with E-state index in [1.54, 1.807) is 19.2 Å². The number of hydrogen-bond donors (Lipinski definition) is 1. The molecule has 0 radical (unpaired) electrons. The van der Waals surface area contributed by atoms with Crippen molar-refractivity contribution in [1.29, 1.82) is 0 Å². The summed E-state index contributed by atoms with van der Waals surface area (Å²) in [5.74, 6) is -1.06. The average molecular weight is 374 g/mol. The third-order valence-corrected chi connectivity index (χ3v) is 4.99. The maximum absolute atomic E-state index is 14.3. The lowest BCUT2D eigenvalue weighted by atomic mass is 10.1. The normalized spacial score (nSPS) is 10.7. The molecule has 26 heavy (non-hydrogen) atoms. The number of nitrogens with zero attached hydrogens (tertiary/aromatic N) is 1. The molecule has 2 aromatic heterocycles. The predicted molar refractivity (Wildman–Crippen MR) is 95.5 cm³/mol. The van der Waals surface area contributed by atoms with Crippen LogP contribution in [-0.4, -0.2) is 24.3 Å². The summed E-state index contributed by atoms with van der Waals surface area (Å²) in [6, 6.07) is 4.25. The first kappa shape index (κ1) is 17.8. The van der Waals surface area contributed by atoms with Gasteiger partial charge in [0.1, 0.15) is 6.61 Å². The first-order valence-electron chi connectivity index (χ1n) is 7.58. The summed E-state index contributed by atoms with van der Waals surface area (Å²) < 4.78 is 26.0. The highest BCUT2D eigenvalue weighted by molar-refractivity contribution is 7.20. The topological polar surface area (TPSA) is 91.5 Å². The summed E-state index contributed by atoms with van der Waals surface area (Å²) in [5.41, 5.74) is 6.24. The van der Waals surface area contributed by atoms with E-state index in [-0.39, 0.29) is 17.9 Å². The number of amides is 1. The fourth-order valence-corrected chi connectivity index (χ4v) is 3.70. The van der Waals surface area contributed by atoms with E-state index in [0.717, 1.165) is 17.1 Å². The van der Waals surface area contributed by atoms with Crippen molar-refractivity contribution < 1.29 is 23.5 Å². The molecule has 0 spiro atoms. The van der Waals surface area contributed by atoms with E-state index in [2.05, 4.69) is 4.98 Å². The van der Waals surface area contributed by atoms with Crippen LogP contribution in [0.2, 0.25) is 0 Å². The number of pyridine rings is 1. The summed E-state index contributed by atoms with van der Waals surface area (Å²) in [6.45, 7) is 1.56. The number of primary amides is 1. The fraction of sp³-hybridized carbons (Fsp3) is 0.167. The van der Waals surface area contributed by atoms with Gasteiger partial charge in [0.2, 0.25) is 11.8 Å². The molecule has 1 aromatic carbocycles. The molecule has 1 amide bonds. The maximum atomic E-state index is 14.3. The quantitative estimate of drug-likeness (QED) is 0.669. The van der Waals surface area contributed by atoms with Gasteiger partial charge in [-0.15, -0.1) is 11.3 Å². The van der Waals surface area contributed by atoms with Crippen LogP contribution in [0.15, 0.2) is 24.4 Å². The molecule has 3 rings (SSSR count). The van der Waals surface area contributed by atoms with Crippen molar-refractivity contribution in [3.8, 4) is 11.6 Å². The van der Waals surface area contributed by atoms with Gasteiger partial charge in [-0.2, -0.15) is 0 Å². The third-order valence-electron chi connectivity index (χ3n) is 3.87. The lowest BCUT2D eigenvalue weighted by Gasteiger charge is -2.12. The molecule has 0 saturated heterocycles. The van der Waals surface area contributed by atoms with E-state index < -0.39 is 11.7 Å². The number of hydrogen-bond acceptors (Lipinski definition) is 6. The van der Waals surface area contributed by atoms with Crippen molar-refractivity contribution in [3.05, 3.63) is 51.8 Å². The van der Waals surface area contributed by atoms with Crippen LogP contribution in [0, 0.1) is 12.7 Å². The molecule has 0 aliphatic rings. The number of ether oxygens (including phenoxy) is 2. The van der Waals surface area contributed by atoms with E-state index in [4.69, 9.17) is 15.2 Å². The molecular weight excluding hydrogens is 359 g/mol. The Hall–Kier alpha value is -3.00. The number of benzene rings is 1. The number of fused-ring (bicyclic) bond motifs is 1. The van der Waals surface area contributed by atoms with Gasteiger partial charge < -0.3 is 15.2 Å². The van der Waals surface area contributed by atoms with Crippen LogP contribution in [-0.2, 0) is 6.61 Å². The molecule has 0 aliphatic carbocycles. The Morgan fingerprint density at radius 2 is 2.19 bits per heavy atom. The zero-order chi connectivity index (χ0) is 18.8. The molecule has 6 nitrogen and oxygen atoms in total. The number of methoxy groups -OCH3 is 1. The Morgan fingerprint density at radius 3 is 2.81 bits per heavy atom. The number of halogens is 1. The highest BCUT2D eigenvalue weighted by atomic mass is 32.1. The first-order chi connectivity index (χ1) is 12.5. The molecule has 0 bridgehead atoms. The molecule has 0 fully saturated rings. The molecule has 0 saturated carbocycles. The van der Waals surface area contributed by atoms with Crippen molar-refractivity contribution in [2.45, 2.75) is 13.5 Å². The lowest BCUT2D eigenvalue weighted by molar-refractivity contribution is 0.0999. The minimum absolute atomic E-state index is 0.00550. The summed E-state index contributed by atoms with van der Waals surface area (Å²) >= 11 is 1.28. The predicted octanol–water partition coefficient (Wildman–Crippen LogP) is 3.24. The fourth-order valence-electron chi connectivity index (χ4n) is 2.69. The summed E-state index contributed by atoms with van der Waals surface area (Å²) in [7, 11) is 1.48. The molecular formula is C18H15FN2O4S. The van der Waals surface area contributed by atoms with Crippen LogP contribution in [0.25, 0.3) is 10.1 Å². The van der Waals surface area contributed by atoms with Crippen LogP contribution in [0.5, 0.6) is 11.6 Å². The molecule has 0 aliphatic heterocycles. The molecule has 3 aromatic rings. The minimum Gasteiger partial charge on any atom is -0.485 e. The zero-order valence-corrected chi connectivity index (χ0v) is 14.9. The standard InChI is InChI=1S/C18H15FN2O4S/c1-9-5-10(17(20)23)6-12(19)16(9)25-8-11-14(7-22)26-13-3-4-21-18(24-2)15(11)13/h3-7H,8H2,1-2H3,(H2,20,23). The van der Waals surface area contributed by atoms with Gasteiger partial charge in [0, 0.05) is 22.0 Å². The molecule has 2 N–H and O–H groups in total. The maximum Gasteiger partial charge on any atom is 0.248 e. The van der Waals surface area contributed by atoms with E-state index >= 15 is 0 Å². The van der Waals surface area contributed by atoms with Crippen LogP contribution >= 0.6 is 11.3 Å². The molecule has 8 heteroatoms. The van der Waals surface area contributed by atoms with Crippen molar-refractivity contribution >= 4 is 33.6 Å². The minimum atomic E-state index is -0.721. The Labute approximate surface area is 152 Å². The monoisotopic (exact) mass is 374 g/mol. The second-order valence-corrected chi connectivity index (χ2v) is 6.60. The van der Waals surface area contributed by atoms with Crippen molar-refractivity contribution in [3.63, 3.8) is 0 Å². The Bertz CT molecular complexity index is 993. The molecule has 134 valence electrons. The highest BCUT2D eigenvalue weighted by Crippen LogP contribution is 2.36. The van der Waals surface area contributed by atoms with Gasteiger partial charge >= 0.3 is 0 Å². The first-order valence-corrected chi connectivity index (χ1v) is 8.40. The Balaban J connectivity index is 2.00. The van der Waals surface area contributed by atoms with Crippen molar-refractivity contribution in [1.82, 2.24) is 4.98 Å². The lowest BCUT2D eigenvalue weighted by Crippen LogP contribution is -2.12. The average Bonchev–Trinajstić information content (AvgIpc) is 2.98. The van der Waals surface area contributed by atoms with Gasteiger partial charge in [0.15, 0.2) is 17.9 Å². The van der Waals surface area contributed by atoms with Gasteiger partial charge in [-0.3, -0.25) is 9.59 Å². The highest BCUT2D eigenvalue weighted by Gasteiger charge is 2.19. The molecule has 2 heterocycles. The number of nitrogens with two attached hydrogens (primary N) is 1. The van der Waals surface area contributed by atoms with Crippen molar-refractivity contribution in [2.24, 2.45) is 5.73 Å². The van der Waals surface area contributed by atoms with Crippen LogP contribution in [0.3, 0.4) is 0 Å². The van der Waals surface area contributed by atoms with E-state index in [0.29, 0.717) is 27.3 Å². The van der Waals surface area contributed by atoms with Gasteiger partial charge in [0.25, 0.3) is 0 Å². The van der Waals surface area contributed by atoms with Crippen molar-refractivity contribution in [2.75, 3.05) is 7.11 Å². The smallest absolute Gasteiger partial charge is 0.248 e. The second kappa shape index (κ2) is 7.09. The SMILES string of the molecule is COc1nccc2sc(C=O)c(COc3c(C)cc(C(N)=O)cc3F)c12. The number of thiophene rings is 1. The van der Waals surface area contributed by atoms with Crippen LogP contribution in [0.1, 0.15) is 31.2 Å². The van der Waals surface area contributed by atoms with E-state index in [1.807, 2.05) is 0 Å². The largest absolute Gasteiger partial charge is 0.485 e. The van der Waals surface area contributed by atoms with Crippen LogP contribution in [0.4, 0.5) is 4.39 Å². The van der Waals surface area contributed by atoms with Gasteiger partial charge in [-0.25, -0.2) is 9.37 Å². The van der Waals surface area contributed by atoms with Gasteiger partial charge in [0.05, 0.1) is 17.4 Å². The van der Waals surface area contributed by atoms with E-state index in [9.17, 15) is 14.0 Å².